The van der Waals surface area contributed by atoms with E-state index < -0.39 is 46.6 Å². The zero-order valence-electron chi connectivity index (χ0n) is 19.5. The van der Waals surface area contributed by atoms with Crippen LogP contribution >= 0.6 is 0 Å². The number of hydrogen-bond donors (Lipinski definition) is 1. The topological polar surface area (TPSA) is 85.3 Å². The van der Waals surface area contributed by atoms with Gasteiger partial charge in [0.2, 0.25) is 0 Å². The first-order valence-electron chi connectivity index (χ1n) is 10.5. The van der Waals surface area contributed by atoms with Crippen LogP contribution in [0.2, 0.25) is 43.8 Å². The highest BCUT2D eigenvalue weighted by Crippen LogP contribution is 2.41. The number of ether oxygens (including phenoxy) is 2. The number of carboxylic acids is 1. The van der Waals surface area contributed by atoms with E-state index in [1.807, 2.05) is 0 Å². The van der Waals surface area contributed by atoms with Crippen molar-refractivity contribution in [2.45, 2.75) is 89.2 Å². The van der Waals surface area contributed by atoms with Crippen LogP contribution in [0.1, 0.15) is 27.2 Å². The summed E-state index contributed by atoms with van der Waals surface area (Å²) in [5.41, 5.74) is 0.734. The van der Waals surface area contributed by atoms with E-state index in [4.69, 9.17) is 13.9 Å². The Morgan fingerprint density at radius 3 is 2.40 bits per heavy atom. The van der Waals surface area contributed by atoms with Gasteiger partial charge in [-0.25, -0.2) is 9.59 Å². The maximum Gasteiger partial charge on any atom is 0.411 e. The van der Waals surface area contributed by atoms with Gasteiger partial charge in [0.05, 0.1) is 31.3 Å². The largest absolute Gasteiger partial charge is 0.480 e. The Morgan fingerprint density at radius 2 is 1.87 bits per heavy atom. The molecule has 2 rings (SSSR count). The van der Waals surface area contributed by atoms with Crippen molar-refractivity contribution in [2.75, 3.05) is 6.61 Å². The van der Waals surface area contributed by atoms with E-state index in [-0.39, 0.29) is 11.5 Å². The fourth-order valence-electron chi connectivity index (χ4n) is 3.24. The van der Waals surface area contributed by atoms with E-state index in [9.17, 15) is 14.7 Å². The van der Waals surface area contributed by atoms with Gasteiger partial charge in [-0.1, -0.05) is 40.4 Å². The van der Waals surface area contributed by atoms with Crippen LogP contribution in [0.5, 0.6) is 0 Å². The molecule has 0 unspecified atom stereocenters. The molecule has 30 heavy (non-hydrogen) atoms. The molecule has 0 aromatic carbocycles. The maximum absolute atomic E-state index is 13.0. The Balaban J connectivity index is 2.33. The van der Waals surface area contributed by atoms with Crippen molar-refractivity contribution in [3.8, 4) is 0 Å². The molecule has 1 amide bonds. The highest BCUT2D eigenvalue weighted by molar-refractivity contribution is 6.76. The summed E-state index contributed by atoms with van der Waals surface area (Å²) in [6, 6.07) is -0.732. The molecule has 0 aliphatic carbocycles. The molecule has 2 aliphatic heterocycles. The molecule has 1 saturated heterocycles. The molecule has 0 bridgehead atoms. The van der Waals surface area contributed by atoms with Gasteiger partial charge in [0.15, 0.2) is 8.32 Å². The molecule has 0 saturated carbocycles. The fraction of sp³-hybridized carbons (Fsp3) is 0.714. The Labute approximate surface area is 182 Å². The molecule has 0 aromatic rings. The van der Waals surface area contributed by atoms with E-state index in [0.29, 0.717) is 6.61 Å². The summed E-state index contributed by atoms with van der Waals surface area (Å²) in [7, 11) is -3.58. The van der Waals surface area contributed by atoms with Crippen LogP contribution in [-0.4, -0.2) is 63.3 Å². The van der Waals surface area contributed by atoms with Crippen molar-refractivity contribution in [2.24, 2.45) is 0 Å². The minimum atomic E-state index is -2.19. The van der Waals surface area contributed by atoms with E-state index in [0.717, 1.165) is 11.6 Å². The molecule has 7 nitrogen and oxygen atoms in total. The highest BCUT2D eigenvalue weighted by Gasteiger charge is 2.51. The number of nitrogens with zero attached hydrogens (tertiary/aromatic N) is 1. The number of rotatable bonds is 6. The highest BCUT2D eigenvalue weighted by atomic mass is 28.4. The number of amides is 1. The van der Waals surface area contributed by atoms with Gasteiger partial charge in [-0.3, -0.25) is 4.90 Å². The summed E-state index contributed by atoms with van der Waals surface area (Å²) in [6.07, 6.45) is 3.97. The van der Waals surface area contributed by atoms with Crippen molar-refractivity contribution in [1.82, 2.24) is 4.90 Å². The van der Waals surface area contributed by atoms with Gasteiger partial charge in [-0.05, 0) is 35.8 Å². The Kier molecular flexibility index (Phi) is 7.30. The average Bonchev–Trinajstić information content (AvgIpc) is 2.85. The van der Waals surface area contributed by atoms with Crippen LogP contribution in [0.15, 0.2) is 24.2 Å². The minimum absolute atomic E-state index is 0.0364. The van der Waals surface area contributed by atoms with Gasteiger partial charge < -0.3 is 19.0 Å². The molecule has 3 atom stereocenters. The molecule has 0 aromatic heterocycles. The second kappa shape index (κ2) is 8.88. The SMILES string of the molecule is CC(C)(C)[Si](C)(C)O[C@H]1C=COC=C2C[C@H](C(=O)O)N(C(=O)OCC[Si](C)(C)C)[C@@H]21. The number of carbonyl (C=O) groups is 2. The van der Waals surface area contributed by atoms with E-state index >= 15 is 0 Å². The van der Waals surface area contributed by atoms with Crippen LogP contribution in [0.3, 0.4) is 0 Å². The summed E-state index contributed by atoms with van der Waals surface area (Å²) in [5, 5.41) is 9.76. The van der Waals surface area contributed by atoms with Crippen LogP contribution in [0.4, 0.5) is 4.79 Å². The lowest BCUT2D eigenvalue weighted by Crippen LogP contribution is -2.53. The fourth-order valence-corrected chi connectivity index (χ4v) is 5.20. The van der Waals surface area contributed by atoms with Gasteiger partial charge >= 0.3 is 12.1 Å². The van der Waals surface area contributed by atoms with Gasteiger partial charge in [0.25, 0.3) is 0 Å². The van der Waals surface area contributed by atoms with Gasteiger partial charge in [-0.15, -0.1) is 0 Å². The first-order chi connectivity index (χ1) is 13.6. The molecule has 2 heterocycles. The van der Waals surface area contributed by atoms with Crippen molar-refractivity contribution in [3.63, 3.8) is 0 Å². The lowest BCUT2D eigenvalue weighted by Gasteiger charge is -2.41. The monoisotopic (exact) mass is 455 g/mol. The van der Waals surface area contributed by atoms with Crippen LogP contribution < -0.4 is 0 Å². The van der Waals surface area contributed by atoms with E-state index in [1.54, 1.807) is 18.6 Å². The summed E-state index contributed by atoms with van der Waals surface area (Å²) < 4.78 is 17.6. The Morgan fingerprint density at radius 1 is 1.23 bits per heavy atom. The Hall–Kier alpha value is -1.59. The van der Waals surface area contributed by atoms with Crippen molar-refractivity contribution < 1.29 is 28.6 Å². The number of aliphatic carboxylic acids is 1. The molecular weight excluding hydrogens is 418 g/mol. The molecule has 1 N–H and O–H groups in total. The normalized spacial score (nSPS) is 24.6. The number of likely N-dealkylation sites (tertiary alicyclic amines) is 1. The number of carbonyl (C=O) groups excluding carboxylic acids is 1. The van der Waals surface area contributed by atoms with Gasteiger partial charge in [0.1, 0.15) is 6.04 Å². The third-order valence-electron chi connectivity index (χ3n) is 6.13. The van der Waals surface area contributed by atoms with Crippen molar-refractivity contribution >= 4 is 28.5 Å². The minimum Gasteiger partial charge on any atom is -0.480 e. The predicted molar refractivity (Wildman–Crippen MR) is 122 cm³/mol. The first-order valence-corrected chi connectivity index (χ1v) is 17.1. The zero-order chi connectivity index (χ0) is 22.9. The predicted octanol–water partition coefficient (Wildman–Crippen LogP) is 4.81. The summed E-state index contributed by atoms with van der Waals surface area (Å²) in [4.78, 5) is 26.4. The third kappa shape index (κ3) is 5.76. The molecular formula is C21H37NO6Si2. The number of fused-ring (bicyclic) bond motifs is 1. The number of carboxylic acid groups (broad SMARTS) is 1. The van der Waals surface area contributed by atoms with Gasteiger partial charge in [-0.2, -0.15) is 0 Å². The van der Waals surface area contributed by atoms with Crippen molar-refractivity contribution in [3.05, 3.63) is 24.2 Å². The molecule has 9 heteroatoms. The van der Waals surface area contributed by atoms with Crippen LogP contribution in [0.25, 0.3) is 0 Å². The molecule has 2 aliphatic rings. The standard InChI is InChI=1S/C21H37NO6Si2/c1-21(2,3)30(7,8)28-17-9-10-26-14-15-13-16(19(23)24)22(18(15)17)20(25)27-11-12-29(4,5)6/h9-10,14,16-18H,11-13H2,1-8H3,(H,23,24)/t16-,17+,18+/m1/s1. The first kappa shape index (κ1) is 24.7. The maximum atomic E-state index is 13.0. The zero-order valence-corrected chi connectivity index (χ0v) is 21.5. The quantitative estimate of drug-likeness (QED) is 0.579. The van der Waals surface area contributed by atoms with E-state index in [2.05, 4.69) is 53.5 Å². The van der Waals surface area contributed by atoms with Gasteiger partial charge in [0, 0.05) is 14.5 Å². The summed E-state index contributed by atoms with van der Waals surface area (Å²) in [6.45, 7) is 17.6. The average molecular weight is 456 g/mol. The van der Waals surface area contributed by atoms with Crippen LogP contribution in [-0.2, 0) is 18.7 Å². The molecule has 0 spiro atoms. The van der Waals surface area contributed by atoms with Crippen LogP contribution in [0, 0.1) is 0 Å². The van der Waals surface area contributed by atoms with Crippen molar-refractivity contribution in [1.29, 1.82) is 0 Å². The number of hydrogen-bond acceptors (Lipinski definition) is 5. The summed E-state index contributed by atoms with van der Waals surface area (Å²) >= 11 is 0. The lowest BCUT2D eigenvalue weighted by atomic mass is 10.0. The molecule has 1 fully saturated rings. The second-order valence-corrected chi connectivity index (χ2v) is 21.2. The summed E-state index contributed by atoms with van der Waals surface area (Å²) in [5.74, 6) is -1.05. The molecule has 0 radical (unpaired) electrons. The lowest BCUT2D eigenvalue weighted by molar-refractivity contribution is -0.142. The second-order valence-electron chi connectivity index (χ2n) is 10.8. The Bertz CT molecular complexity index is 720. The van der Waals surface area contributed by atoms with E-state index in [1.165, 1.54) is 4.90 Å². The third-order valence-corrected chi connectivity index (χ3v) is 12.3. The smallest absolute Gasteiger partial charge is 0.411 e. The molecule has 170 valence electrons.